The Morgan fingerprint density at radius 3 is 2.66 bits per heavy atom. The number of nitrogens with zero attached hydrogens (tertiary/aromatic N) is 7. The van der Waals surface area contributed by atoms with Crippen LogP contribution < -0.4 is 16.0 Å². The number of piperazine rings is 1. The van der Waals surface area contributed by atoms with Crippen molar-refractivity contribution in [3.63, 3.8) is 0 Å². The van der Waals surface area contributed by atoms with E-state index in [1.165, 1.54) is 0 Å². The fourth-order valence-corrected chi connectivity index (χ4v) is 3.87. The van der Waals surface area contributed by atoms with Crippen LogP contribution in [0.25, 0.3) is 10.9 Å². The third-order valence-electron chi connectivity index (χ3n) is 5.47. The molecule has 0 spiro atoms. The molecule has 3 heterocycles. The summed E-state index contributed by atoms with van der Waals surface area (Å²) in [5.41, 5.74) is 7.32. The van der Waals surface area contributed by atoms with Gasteiger partial charge in [0.25, 0.3) is 5.97 Å². The molecular weight excluding hydrogens is 446 g/mol. The van der Waals surface area contributed by atoms with Gasteiger partial charge in [-0.3, -0.25) is 15.1 Å². The maximum absolute atomic E-state index is 9.42. The van der Waals surface area contributed by atoms with Crippen molar-refractivity contribution < 1.29 is 9.90 Å². The summed E-state index contributed by atoms with van der Waals surface area (Å²) < 4.78 is 0. The molecule has 0 saturated carbocycles. The van der Waals surface area contributed by atoms with Crippen LogP contribution in [0.15, 0.2) is 53.7 Å². The molecule has 1 aliphatic rings. The largest absolute Gasteiger partial charge is 0.481 e. The van der Waals surface area contributed by atoms with Crippen molar-refractivity contribution in [2.75, 3.05) is 30.3 Å². The molecule has 1 atom stereocenters. The maximum atomic E-state index is 9.42. The molecule has 1 fully saturated rings. The number of hydrogen-bond acceptors (Lipinski definition) is 8. The highest BCUT2D eigenvalue weighted by molar-refractivity contribution is 5.94. The summed E-state index contributed by atoms with van der Waals surface area (Å²) in [7, 11) is 0. The van der Waals surface area contributed by atoms with Crippen LogP contribution in [0.1, 0.15) is 20.8 Å². The molecule has 35 heavy (non-hydrogen) atoms. The first-order chi connectivity index (χ1) is 16.8. The number of pyridine rings is 1. The van der Waals surface area contributed by atoms with Crippen LogP contribution in [-0.4, -0.2) is 62.8 Å². The number of anilines is 2. The Morgan fingerprint density at radius 2 is 2.00 bits per heavy atom. The summed E-state index contributed by atoms with van der Waals surface area (Å²) in [5.74, 6) is 1.23. The number of guanidine groups is 1. The zero-order valence-corrected chi connectivity index (χ0v) is 20.0. The molecule has 4 rings (SSSR count). The molecule has 0 amide bonds. The number of aliphatic imine (C=N–C) groups is 1. The second-order valence-corrected chi connectivity index (χ2v) is 8.31. The highest BCUT2D eigenvalue weighted by Gasteiger charge is 2.32. The van der Waals surface area contributed by atoms with Gasteiger partial charge in [-0.1, -0.05) is 19.9 Å². The first-order valence-corrected chi connectivity index (χ1v) is 11.2. The molecule has 11 nitrogen and oxygen atoms in total. The van der Waals surface area contributed by atoms with Crippen LogP contribution in [0.4, 0.5) is 17.3 Å². The van der Waals surface area contributed by atoms with E-state index in [1.807, 2.05) is 36.4 Å². The normalized spacial score (nSPS) is 15.9. The first kappa shape index (κ1) is 25.2. The number of carboxylic acids is 1. The molecule has 1 unspecified atom stereocenters. The lowest BCUT2D eigenvalue weighted by Gasteiger charge is -2.44. The van der Waals surface area contributed by atoms with Gasteiger partial charge in [0.1, 0.15) is 5.82 Å². The van der Waals surface area contributed by atoms with Gasteiger partial charge in [-0.25, -0.2) is 4.99 Å². The van der Waals surface area contributed by atoms with E-state index in [4.69, 9.17) is 20.6 Å². The van der Waals surface area contributed by atoms with Gasteiger partial charge >= 0.3 is 0 Å². The fourth-order valence-electron chi connectivity index (χ4n) is 3.87. The Balaban J connectivity index is 0.000000795. The minimum absolute atomic E-state index is 0.126. The van der Waals surface area contributed by atoms with Gasteiger partial charge in [-0.15, -0.1) is 10.2 Å². The van der Waals surface area contributed by atoms with E-state index in [2.05, 4.69) is 50.3 Å². The quantitative estimate of drug-likeness (QED) is 0.223. The first-order valence-electron chi connectivity index (χ1n) is 11.2. The number of carboxylic acid groups (broad SMARTS) is 1. The number of nitriles is 1. The van der Waals surface area contributed by atoms with E-state index >= 15 is 0 Å². The Hall–Kier alpha value is -4.46. The van der Waals surface area contributed by atoms with Gasteiger partial charge in [0.05, 0.1) is 17.2 Å². The molecule has 11 heteroatoms. The van der Waals surface area contributed by atoms with Crippen molar-refractivity contribution in [2.45, 2.75) is 26.8 Å². The van der Waals surface area contributed by atoms with E-state index in [0.29, 0.717) is 24.2 Å². The zero-order valence-electron chi connectivity index (χ0n) is 20.0. The van der Waals surface area contributed by atoms with Gasteiger partial charge in [-0.2, -0.15) is 5.26 Å². The summed E-state index contributed by atoms with van der Waals surface area (Å²) >= 11 is 0. The average molecular weight is 476 g/mol. The van der Waals surface area contributed by atoms with Crippen LogP contribution in [0.3, 0.4) is 0 Å². The molecule has 0 bridgehead atoms. The standard InChI is InChI=1S/C22H25N9.C2H4O2/c1-15(2)19-13-30(21-9-8-20(24)28-29-21)11-12-31(19)22(26-14-23)27-18-7-3-6-17-16(18)5-4-10-25-17;1-2(3)4/h3-10,15,19H,11-13H2,1-2H3,(H2,24,28)(H,26,27);1H3,(H,3,4). The SMILES string of the molecule is CC(=O)O.CC(C)C1CN(c2ccc(N)nn2)CCN1C(=Nc1cccc2ncccc12)NC#N. The Bertz CT molecular complexity index is 1210. The summed E-state index contributed by atoms with van der Waals surface area (Å²) in [4.78, 5) is 22.6. The van der Waals surface area contributed by atoms with Crippen molar-refractivity contribution in [1.29, 1.82) is 5.26 Å². The number of rotatable bonds is 3. The smallest absolute Gasteiger partial charge is 0.300 e. The lowest BCUT2D eigenvalue weighted by molar-refractivity contribution is -0.134. The summed E-state index contributed by atoms with van der Waals surface area (Å²) in [6, 6.07) is 13.5. The molecular formula is C24H29N9O2. The van der Waals surface area contributed by atoms with Crippen LogP contribution in [-0.2, 0) is 4.79 Å². The van der Waals surface area contributed by atoms with Crippen LogP contribution in [0, 0.1) is 17.4 Å². The lowest BCUT2D eigenvalue weighted by Crippen LogP contribution is -2.59. The highest BCUT2D eigenvalue weighted by atomic mass is 16.4. The highest BCUT2D eigenvalue weighted by Crippen LogP contribution is 2.26. The molecule has 1 aromatic carbocycles. The molecule has 2 aromatic heterocycles. The molecule has 182 valence electrons. The van der Waals surface area contributed by atoms with Crippen LogP contribution >= 0.6 is 0 Å². The van der Waals surface area contributed by atoms with E-state index in [9.17, 15) is 5.26 Å². The number of fused-ring (bicyclic) bond motifs is 1. The van der Waals surface area contributed by atoms with Gasteiger partial charge in [0, 0.05) is 38.1 Å². The predicted molar refractivity (Wildman–Crippen MR) is 135 cm³/mol. The van der Waals surface area contributed by atoms with Crippen molar-refractivity contribution in [1.82, 2.24) is 25.4 Å². The minimum Gasteiger partial charge on any atom is -0.481 e. The van der Waals surface area contributed by atoms with E-state index < -0.39 is 5.97 Å². The van der Waals surface area contributed by atoms with Gasteiger partial charge < -0.3 is 20.6 Å². The third kappa shape index (κ3) is 6.54. The number of hydrogen-bond donors (Lipinski definition) is 3. The number of carbonyl (C=O) groups is 1. The minimum atomic E-state index is -0.833. The third-order valence-corrected chi connectivity index (χ3v) is 5.47. The maximum Gasteiger partial charge on any atom is 0.300 e. The van der Waals surface area contributed by atoms with Gasteiger partial charge in [-0.05, 0) is 42.3 Å². The van der Waals surface area contributed by atoms with Gasteiger partial charge in [0.15, 0.2) is 12.0 Å². The number of nitrogen functional groups attached to an aromatic ring is 1. The lowest BCUT2D eigenvalue weighted by atomic mass is 9.99. The van der Waals surface area contributed by atoms with E-state index in [-0.39, 0.29) is 6.04 Å². The second-order valence-electron chi connectivity index (χ2n) is 8.31. The summed E-state index contributed by atoms with van der Waals surface area (Å²) in [6.07, 6.45) is 3.82. The number of nitrogens with one attached hydrogen (secondary N) is 1. The number of nitrogens with two attached hydrogens (primary N) is 1. The summed E-state index contributed by atoms with van der Waals surface area (Å²) in [6.45, 7) is 7.57. The van der Waals surface area contributed by atoms with Gasteiger partial charge in [0.2, 0.25) is 5.96 Å². The number of benzene rings is 1. The average Bonchev–Trinajstić information content (AvgIpc) is 2.84. The van der Waals surface area contributed by atoms with E-state index in [1.54, 1.807) is 12.3 Å². The molecule has 1 aliphatic heterocycles. The Labute approximate surface area is 203 Å². The topological polar surface area (TPSA) is 157 Å². The molecule has 4 N–H and O–H groups in total. The molecule has 1 saturated heterocycles. The van der Waals surface area contributed by atoms with Crippen molar-refractivity contribution in [3.8, 4) is 6.19 Å². The summed E-state index contributed by atoms with van der Waals surface area (Å²) in [5, 5.41) is 28.8. The van der Waals surface area contributed by atoms with Crippen molar-refractivity contribution in [3.05, 3.63) is 48.7 Å². The second kappa shape index (κ2) is 11.6. The van der Waals surface area contributed by atoms with Crippen molar-refractivity contribution >= 4 is 40.2 Å². The van der Waals surface area contributed by atoms with Crippen LogP contribution in [0.5, 0.6) is 0 Å². The molecule has 0 aliphatic carbocycles. The van der Waals surface area contributed by atoms with Crippen LogP contribution in [0.2, 0.25) is 0 Å². The Kier molecular flexibility index (Phi) is 8.34. The van der Waals surface area contributed by atoms with Crippen molar-refractivity contribution in [2.24, 2.45) is 10.9 Å². The number of aliphatic carboxylic acids is 1. The zero-order chi connectivity index (χ0) is 25.4. The fraction of sp³-hybridized carbons (Fsp3) is 0.333. The molecule has 3 aromatic rings. The monoisotopic (exact) mass is 475 g/mol. The number of aromatic nitrogens is 3. The van der Waals surface area contributed by atoms with E-state index in [0.717, 1.165) is 42.4 Å². The predicted octanol–water partition coefficient (Wildman–Crippen LogP) is 2.60. The Morgan fingerprint density at radius 1 is 1.23 bits per heavy atom. The molecule has 0 radical (unpaired) electrons.